The van der Waals surface area contributed by atoms with Gasteiger partial charge in [-0.3, -0.25) is 0 Å². The summed E-state index contributed by atoms with van der Waals surface area (Å²) in [6.07, 6.45) is 3.24. The molecule has 0 radical (unpaired) electrons. The van der Waals surface area contributed by atoms with Crippen LogP contribution in [0.25, 0.3) is 0 Å². The molecule has 1 rings (SSSR count). The molecule has 1 aliphatic rings. The molecule has 0 saturated carbocycles. The molecular formula is C9H16N4. The van der Waals surface area contributed by atoms with Gasteiger partial charge in [0, 0.05) is 17.8 Å². The summed E-state index contributed by atoms with van der Waals surface area (Å²) >= 11 is 0. The predicted molar refractivity (Wildman–Crippen MR) is 54.9 cm³/mol. The SMILES string of the molecule is CC(=N)/C(=C\N)CC1CC(C)=NN1. The van der Waals surface area contributed by atoms with Crippen molar-refractivity contribution in [2.45, 2.75) is 32.7 Å². The zero-order chi connectivity index (χ0) is 9.84. The van der Waals surface area contributed by atoms with E-state index in [1.165, 1.54) is 6.20 Å². The van der Waals surface area contributed by atoms with Gasteiger partial charge in [0.1, 0.15) is 0 Å². The molecule has 0 bridgehead atoms. The Morgan fingerprint density at radius 3 is 2.92 bits per heavy atom. The van der Waals surface area contributed by atoms with Crippen molar-refractivity contribution in [3.05, 3.63) is 11.8 Å². The topological polar surface area (TPSA) is 74.3 Å². The van der Waals surface area contributed by atoms with E-state index in [0.717, 1.165) is 24.1 Å². The van der Waals surface area contributed by atoms with Crippen LogP contribution < -0.4 is 11.2 Å². The van der Waals surface area contributed by atoms with E-state index in [1.807, 2.05) is 6.92 Å². The molecule has 0 aliphatic carbocycles. The van der Waals surface area contributed by atoms with E-state index in [4.69, 9.17) is 11.1 Å². The molecule has 1 unspecified atom stereocenters. The highest BCUT2D eigenvalue weighted by molar-refractivity contribution is 5.95. The Hall–Kier alpha value is -1.32. The highest BCUT2D eigenvalue weighted by Crippen LogP contribution is 2.13. The predicted octanol–water partition coefficient (Wildman–Crippen LogP) is 0.997. The Kier molecular flexibility index (Phi) is 3.06. The minimum atomic E-state index is 0.315. The van der Waals surface area contributed by atoms with Crippen molar-refractivity contribution in [2.24, 2.45) is 10.8 Å². The molecular weight excluding hydrogens is 164 g/mol. The largest absolute Gasteiger partial charge is 0.404 e. The number of hydrogen-bond donors (Lipinski definition) is 3. The van der Waals surface area contributed by atoms with E-state index < -0.39 is 0 Å². The summed E-state index contributed by atoms with van der Waals surface area (Å²) in [6.45, 7) is 3.75. The highest BCUT2D eigenvalue weighted by atomic mass is 15.3. The second kappa shape index (κ2) is 4.07. The van der Waals surface area contributed by atoms with Gasteiger partial charge in [0.2, 0.25) is 0 Å². The third kappa shape index (κ3) is 2.57. The molecule has 1 heterocycles. The van der Waals surface area contributed by atoms with Crippen molar-refractivity contribution in [3.63, 3.8) is 0 Å². The molecule has 0 amide bonds. The lowest BCUT2D eigenvalue weighted by Gasteiger charge is -2.11. The summed E-state index contributed by atoms with van der Waals surface area (Å²) < 4.78 is 0. The van der Waals surface area contributed by atoms with E-state index in [9.17, 15) is 0 Å². The summed E-state index contributed by atoms with van der Waals surface area (Å²) in [5, 5.41) is 11.5. The van der Waals surface area contributed by atoms with Gasteiger partial charge in [-0.15, -0.1) is 0 Å². The van der Waals surface area contributed by atoms with Gasteiger partial charge in [-0.2, -0.15) is 5.10 Å². The van der Waals surface area contributed by atoms with Crippen LogP contribution in [0.4, 0.5) is 0 Å². The number of rotatable bonds is 3. The first kappa shape index (κ1) is 9.77. The van der Waals surface area contributed by atoms with Crippen molar-refractivity contribution < 1.29 is 0 Å². The average Bonchev–Trinajstić information content (AvgIpc) is 2.46. The Bertz CT molecular complexity index is 265. The zero-order valence-corrected chi connectivity index (χ0v) is 8.09. The average molecular weight is 180 g/mol. The standard InChI is InChI=1S/C9H16N4/c1-6-3-9(13-12-6)4-8(5-10)7(2)11/h5,9,11,13H,3-4,10H2,1-2H3/b8-5-,11-7?. The molecule has 13 heavy (non-hydrogen) atoms. The third-order valence-electron chi connectivity index (χ3n) is 2.13. The maximum Gasteiger partial charge on any atom is 0.0534 e. The van der Waals surface area contributed by atoms with Gasteiger partial charge in [-0.1, -0.05) is 0 Å². The maximum absolute atomic E-state index is 7.45. The lowest BCUT2D eigenvalue weighted by Crippen LogP contribution is -2.21. The van der Waals surface area contributed by atoms with Crippen LogP contribution in [0.3, 0.4) is 0 Å². The van der Waals surface area contributed by atoms with E-state index in [1.54, 1.807) is 6.92 Å². The van der Waals surface area contributed by atoms with Crippen molar-refractivity contribution >= 4 is 11.4 Å². The molecule has 4 nitrogen and oxygen atoms in total. The molecule has 0 saturated heterocycles. The van der Waals surface area contributed by atoms with Gasteiger partial charge in [-0.25, -0.2) is 0 Å². The van der Waals surface area contributed by atoms with E-state index in [0.29, 0.717) is 11.8 Å². The molecule has 0 spiro atoms. The molecule has 0 aromatic carbocycles. The minimum absolute atomic E-state index is 0.315. The highest BCUT2D eigenvalue weighted by Gasteiger charge is 2.17. The molecule has 0 fully saturated rings. The fourth-order valence-electron chi connectivity index (χ4n) is 1.38. The lowest BCUT2D eigenvalue weighted by atomic mass is 10.0. The van der Waals surface area contributed by atoms with Gasteiger partial charge in [0.05, 0.1) is 6.04 Å². The summed E-state index contributed by atoms with van der Waals surface area (Å²) in [4.78, 5) is 0. The number of hydrogen-bond acceptors (Lipinski definition) is 4. The van der Waals surface area contributed by atoms with Gasteiger partial charge < -0.3 is 16.6 Å². The zero-order valence-electron chi connectivity index (χ0n) is 8.09. The number of nitrogens with two attached hydrogens (primary N) is 1. The number of nitrogens with zero attached hydrogens (tertiary/aromatic N) is 1. The Balaban J connectivity index is 2.46. The van der Waals surface area contributed by atoms with E-state index in [-0.39, 0.29) is 0 Å². The van der Waals surface area contributed by atoms with E-state index >= 15 is 0 Å². The van der Waals surface area contributed by atoms with Crippen molar-refractivity contribution in [1.29, 1.82) is 5.41 Å². The first-order valence-corrected chi connectivity index (χ1v) is 4.38. The van der Waals surface area contributed by atoms with Gasteiger partial charge in [0.25, 0.3) is 0 Å². The van der Waals surface area contributed by atoms with Crippen LogP contribution in [0.2, 0.25) is 0 Å². The second-order valence-electron chi connectivity index (χ2n) is 3.40. The van der Waals surface area contributed by atoms with Crippen LogP contribution >= 0.6 is 0 Å². The summed E-state index contributed by atoms with van der Waals surface area (Å²) in [7, 11) is 0. The molecule has 72 valence electrons. The second-order valence-corrected chi connectivity index (χ2v) is 3.40. The smallest absolute Gasteiger partial charge is 0.0534 e. The molecule has 4 heteroatoms. The van der Waals surface area contributed by atoms with Crippen LogP contribution in [-0.2, 0) is 0 Å². The monoisotopic (exact) mass is 180 g/mol. The molecule has 1 aliphatic heterocycles. The minimum Gasteiger partial charge on any atom is -0.404 e. The van der Waals surface area contributed by atoms with E-state index in [2.05, 4.69) is 10.5 Å². The van der Waals surface area contributed by atoms with Gasteiger partial charge in [0.15, 0.2) is 0 Å². The maximum atomic E-state index is 7.45. The third-order valence-corrected chi connectivity index (χ3v) is 2.13. The van der Waals surface area contributed by atoms with Crippen LogP contribution in [0, 0.1) is 5.41 Å². The van der Waals surface area contributed by atoms with Crippen LogP contribution in [0.5, 0.6) is 0 Å². The summed E-state index contributed by atoms with van der Waals surface area (Å²) in [6, 6.07) is 0.315. The summed E-state index contributed by atoms with van der Waals surface area (Å²) in [5.41, 5.74) is 11.0. The quantitative estimate of drug-likeness (QED) is 0.567. The molecule has 0 aromatic rings. The fraction of sp³-hybridized carbons (Fsp3) is 0.556. The van der Waals surface area contributed by atoms with Crippen LogP contribution in [0.1, 0.15) is 26.7 Å². The molecule has 4 N–H and O–H groups in total. The molecule has 1 atom stereocenters. The Morgan fingerprint density at radius 1 is 1.85 bits per heavy atom. The normalized spacial score (nSPS) is 22.5. The van der Waals surface area contributed by atoms with Crippen molar-refractivity contribution in [2.75, 3.05) is 0 Å². The first-order valence-electron chi connectivity index (χ1n) is 4.38. The van der Waals surface area contributed by atoms with Gasteiger partial charge in [-0.05, 0) is 32.0 Å². The van der Waals surface area contributed by atoms with Gasteiger partial charge >= 0.3 is 0 Å². The Labute approximate surface area is 78.4 Å². The molecule has 0 aromatic heterocycles. The van der Waals surface area contributed by atoms with Crippen LogP contribution in [0.15, 0.2) is 16.9 Å². The fourth-order valence-corrected chi connectivity index (χ4v) is 1.38. The number of nitrogens with one attached hydrogen (secondary N) is 2. The Morgan fingerprint density at radius 2 is 2.54 bits per heavy atom. The first-order chi connectivity index (χ1) is 6.13. The lowest BCUT2D eigenvalue weighted by molar-refractivity contribution is 0.585. The van der Waals surface area contributed by atoms with Crippen molar-refractivity contribution in [1.82, 2.24) is 5.43 Å². The van der Waals surface area contributed by atoms with Crippen molar-refractivity contribution in [3.8, 4) is 0 Å². The summed E-state index contributed by atoms with van der Waals surface area (Å²) in [5.74, 6) is 0. The van der Waals surface area contributed by atoms with Crippen LogP contribution in [-0.4, -0.2) is 17.5 Å². The number of hydrazone groups is 1.